The highest BCUT2D eigenvalue weighted by Crippen LogP contribution is 2.29. The number of ether oxygens (including phenoxy) is 1. The molecule has 1 fully saturated rings. The van der Waals surface area contributed by atoms with E-state index in [0.29, 0.717) is 41.6 Å². The van der Waals surface area contributed by atoms with Gasteiger partial charge in [0.1, 0.15) is 11.1 Å². The molecular weight excluding hydrogens is 442 g/mol. The van der Waals surface area contributed by atoms with Gasteiger partial charge in [0.05, 0.1) is 0 Å². The van der Waals surface area contributed by atoms with E-state index in [1.165, 1.54) is 16.2 Å². The van der Waals surface area contributed by atoms with Crippen LogP contribution in [-0.4, -0.2) is 43.8 Å². The lowest BCUT2D eigenvalue weighted by molar-refractivity contribution is 0.0188. The maximum absolute atomic E-state index is 12.8. The minimum Gasteiger partial charge on any atom is -0.444 e. The zero-order valence-electron chi connectivity index (χ0n) is 16.7. The van der Waals surface area contributed by atoms with Gasteiger partial charge >= 0.3 is 17.2 Å². The van der Waals surface area contributed by atoms with E-state index in [2.05, 4.69) is 25.8 Å². The van der Waals surface area contributed by atoms with Crippen molar-refractivity contribution in [1.82, 2.24) is 19.0 Å². The summed E-state index contributed by atoms with van der Waals surface area (Å²) >= 11 is 3.29. The molecule has 154 valence electrons. The molecule has 1 saturated heterocycles. The lowest BCUT2D eigenvalue weighted by atomic mass is 10.0. The monoisotopic (exact) mass is 463 g/mol. The number of aromatic nitrogens is 3. The van der Waals surface area contributed by atoms with Crippen LogP contribution < -0.4 is 11.1 Å². The molecule has 10 heteroatoms. The molecule has 0 atom stereocenters. The highest BCUT2D eigenvalue weighted by molar-refractivity contribution is 9.10. The molecule has 0 radical (unpaired) electrons. The van der Waals surface area contributed by atoms with Gasteiger partial charge in [0.2, 0.25) is 0 Å². The van der Waals surface area contributed by atoms with E-state index >= 15 is 0 Å². The quantitative estimate of drug-likeness (QED) is 0.478. The zero-order chi connectivity index (χ0) is 21.5. The second kappa shape index (κ2) is 7.63. The van der Waals surface area contributed by atoms with Crippen LogP contribution in [0.15, 0.2) is 20.1 Å². The summed E-state index contributed by atoms with van der Waals surface area (Å²) in [4.78, 5) is 46.9. The molecule has 2 aromatic heterocycles. The lowest BCUT2D eigenvalue weighted by Gasteiger charge is -2.34. The molecule has 3 rings (SSSR count). The number of amides is 1. The number of halogens is 1. The second-order valence-corrected chi connectivity index (χ2v) is 8.84. The Bertz CT molecular complexity index is 1130. The van der Waals surface area contributed by atoms with Gasteiger partial charge in [0.25, 0.3) is 11.5 Å². The molecule has 1 amide bonds. The Morgan fingerprint density at radius 2 is 1.90 bits per heavy atom. The van der Waals surface area contributed by atoms with Crippen LogP contribution in [0.2, 0.25) is 0 Å². The highest BCUT2D eigenvalue weighted by atomic mass is 79.9. The van der Waals surface area contributed by atoms with Crippen molar-refractivity contribution in [3.8, 4) is 0 Å². The van der Waals surface area contributed by atoms with Gasteiger partial charge in [-0.2, -0.15) is 0 Å². The predicted molar refractivity (Wildman–Crippen MR) is 111 cm³/mol. The molecule has 1 aliphatic rings. The van der Waals surface area contributed by atoms with Crippen molar-refractivity contribution >= 4 is 39.0 Å². The number of carbonyl (C=O) groups excluding carboxylic acids is 1. The lowest BCUT2D eigenvalue weighted by Crippen LogP contribution is -2.46. The van der Waals surface area contributed by atoms with Crippen LogP contribution in [0.4, 0.5) is 10.6 Å². The van der Waals surface area contributed by atoms with E-state index < -0.39 is 22.8 Å². The summed E-state index contributed by atoms with van der Waals surface area (Å²) in [5.74, 6) is 0.121. The number of pyridine rings is 1. The largest absolute Gasteiger partial charge is 0.444 e. The fourth-order valence-corrected chi connectivity index (χ4v) is 3.78. The summed E-state index contributed by atoms with van der Waals surface area (Å²) in [6, 6.07) is 1.33. The molecule has 3 heterocycles. The van der Waals surface area contributed by atoms with Gasteiger partial charge < -0.3 is 19.0 Å². The maximum atomic E-state index is 12.8. The third-order valence-corrected chi connectivity index (χ3v) is 5.38. The molecule has 0 unspecified atom stereocenters. The molecular formula is C19H22BrN5O4. The Labute approximate surface area is 175 Å². The number of hydrogen-bond acceptors (Lipinski definition) is 5. The summed E-state index contributed by atoms with van der Waals surface area (Å²) < 4.78 is 8.49. The van der Waals surface area contributed by atoms with Crippen LogP contribution >= 0.6 is 15.9 Å². The van der Waals surface area contributed by atoms with Crippen molar-refractivity contribution in [2.75, 3.05) is 13.1 Å². The Hall–Kier alpha value is -2.67. The number of piperidine rings is 1. The molecule has 29 heavy (non-hydrogen) atoms. The Balaban J connectivity index is 1.99. The standard InChI is InChI=1S/C19H22BrN5O4/c1-19(2,3)29-18(28)24-8-6-11(7-9-24)25-15-13(23(5)16(26)17(25)27)10-12(20)14(21-4)22-15/h10-11H,6-9H2,1-3,5H3. The summed E-state index contributed by atoms with van der Waals surface area (Å²) in [5.41, 5.74) is -1.16. The van der Waals surface area contributed by atoms with Crippen molar-refractivity contribution in [3.63, 3.8) is 0 Å². The van der Waals surface area contributed by atoms with Gasteiger partial charge in [-0.3, -0.25) is 14.2 Å². The summed E-state index contributed by atoms with van der Waals surface area (Å²) in [6.45, 7) is 13.5. The third kappa shape index (κ3) is 4.05. The maximum Gasteiger partial charge on any atom is 0.410 e. The number of rotatable bonds is 1. The smallest absolute Gasteiger partial charge is 0.410 e. The summed E-state index contributed by atoms with van der Waals surface area (Å²) in [7, 11) is 1.51. The normalized spacial score (nSPS) is 15.4. The van der Waals surface area contributed by atoms with Gasteiger partial charge in [-0.05, 0) is 39.7 Å². The first kappa shape index (κ1) is 21.0. The van der Waals surface area contributed by atoms with Crippen LogP contribution in [0.1, 0.15) is 39.7 Å². The molecule has 0 aromatic carbocycles. The van der Waals surface area contributed by atoms with Crippen molar-refractivity contribution in [2.45, 2.75) is 45.3 Å². The van der Waals surface area contributed by atoms with Crippen molar-refractivity contribution < 1.29 is 9.53 Å². The van der Waals surface area contributed by atoms with Crippen molar-refractivity contribution in [2.24, 2.45) is 7.05 Å². The van der Waals surface area contributed by atoms with E-state index in [0.717, 1.165) is 0 Å². The van der Waals surface area contributed by atoms with E-state index in [-0.39, 0.29) is 11.9 Å². The van der Waals surface area contributed by atoms with Crippen LogP contribution in [0.5, 0.6) is 0 Å². The van der Waals surface area contributed by atoms with Crippen LogP contribution in [-0.2, 0) is 11.8 Å². The average molecular weight is 464 g/mol. The molecule has 0 spiro atoms. The van der Waals surface area contributed by atoms with Crippen molar-refractivity contribution in [3.05, 3.63) is 42.7 Å². The first-order chi connectivity index (χ1) is 13.5. The van der Waals surface area contributed by atoms with Crippen LogP contribution in [0.3, 0.4) is 0 Å². The number of hydrogen-bond donors (Lipinski definition) is 0. The first-order valence-corrected chi connectivity index (χ1v) is 10.00. The molecule has 0 aliphatic carbocycles. The van der Waals surface area contributed by atoms with Gasteiger partial charge in [0, 0.05) is 30.7 Å². The number of fused-ring (bicyclic) bond motifs is 1. The zero-order valence-corrected chi connectivity index (χ0v) is 18.3. The Morgan fingerprint density at radius 3 is 2.45 bits per heavy atom. The van der Waals surface area contributed by atoms with E-state index in [1.807, 2.05) is 20.8 Å². The van der Waals surface area contributed by atoms with E-state index in [1.54, 1.807) is 11.0 Å². The molecule has 1 aliphatic heterocycles. The van der Waals surface area contributed by atoms with Gasteiger partial charge in [-0.25, -0.2) is 4.79 Å². The minimum absolute atomic E-state index is 0.121. The summed E-state index contributed by atoms with van der Waals surface area (Å²) in [6.07, 6.45) is 0.563. The number of aryl methyl sites for hydroxylation is 1. The molecule has 0 saturated carbocycles. The third-order valence-electron chi connectivity index (χ3n) is 4.80. The number of nitrogens with zero attached hydrogens (tertiary/aromatic N) is 5. The Kier molecular flexibility index (Phi) is 5.54. The average Bonchev–Trinajstić information content (AvgIpc) is 2.65. The topological polar surface area (TPSA) is 90.8 Å². The van der Waals surface area contributed by atoms with Gasteiger partial charge in [-0.15, -0.1) is 0 Å². The van der Waals surface area contributed by atoms with E-state index in [4.69, 9.17) is 11.3 Å². The summed E-state index contributed by atoms with van der Waals surface area (Å²) in [5, 5.41) is 0. The minimum atomic E-state index is -0.679. The van der Waals surface area contributed by atoms with Gasteiger partial charge in [-0.1, -0.05) is 27.5 Å². The SMILES string of the molecule is [C-]#[N+]c1nc2c(cc1Br)n(C)c(=O)c(=O)n2C1CCN(C(=O)OC(C)(C)C)CC1. The molecule has 0 bridgehead atoms. The number of likely N-dealkylation sites (tertiary alicyclic amines) is 1. The highest BCUT2D eigenvalue weighted by Gasteiger charge is 2.30. The fourth-order valence-electron chi connectivity index (χ4n) is 3.39. The van der Waals surface area contributed by atoms with Crippen molar-refractivity contribution in [1.29, 1.82) is 0 Å². The number of carbonyl (C=O) groups is 1. The predicted octanol–water partition coefficient (Wildman–Crippen LogP) is 2.98. The van der Waals surface area contributed by atoms with Crippen LogP contribution in [0.25, 0.3) is 16.0 Å². The van der Waals surface area contributed by atoms with E-state index in [9.17, 15) is 14.4 Å². The molecule has 0 N–H and O–H groups in total. The molecule has 2 aromatic rings. The molecule has 9 nitrogen and oxygen atoms in total. The first-order valence-electron chi connectivity index (χ1n) is 9.20. The second-order valence-electron chi connectivity index (χ2n) is 7.99. The van der Waals surface area contributed by atoms with Crippen LogP contribution in [0, 0.1) is 6.57 Å². The fraction of sp³-hybridized carbons (Fsp3) is 0.526. The Morgan fingerprint density at radius 1 is 1.28 bits per heavy atom. The van der Waals surface area contributed by atoms with Gasteiger partial charge in [0.15, 0.2) is 0 Å².